The zero-order chi connectivity index (χ0) is 79.5. The van der Waals surface area contributed by atoms with Crippen LogP contribution in [0.15, 0.2) is 23.8 Å². The van der Waals surface area contributed by atoms with Crippen molar-refractivity contribution >= 4 is 27.2 Å². The van der Waals surface area contributed by atoms with Crippen molar-refractivity contribution in [1.82, 2.24) is 0 Å². The lowest BCUT2D eigenvalue weighted by molar-refractivity contribution is -0.200. The molecule has 0 bridgehead atoms. The number of phosphoric acid groups is 2. The van der Waals surface area contributed by atoms with Crippen molar-refractivity contribution in [2.75, 3.05) is 324 Å². The fourth-order valence-electron chi connectivity index (χ4n) is 13.7. The summed E-state index contributed by atoms with van der Waals surface area (Å²) in [4.78, 5) is 47.6. The molecule has 1 aliphatic heterocycles. The van der Waals surface area contributed by atoms with Crippen LogP contribution < -0.4 is 5.73 Å². The van der Waals surface area contributed by atoms with Crippen molar-refractivity contribution in [1.29, 1.82) is 0 Å². The molecular weight excluding hydrogens is 1510 g/mol. The maximum Gasteiger partial charge on any atom is 0.481 e. The molecule has 3 unspecified atom stereocenters. The van der Waals surface area contributed by atoms with Crippen LogP contribution in [0.1, 0.15) is 59.3 Å². The molecule has 5 aliphatic rings. The quantitative estimate of drug-likeness (QED) is 0.0501. The molecule has 0 aromatic carbocycles. The van der Waals surface area contributed by atoms with Crippen LogP contribution in [-0.2, 0) is 150 Å². The van der Waals surface area contributed by atoms with E-state index in [0.717, 1.165) is 5.57 Å². The van der Waals surface area contributed by atoms with Crippen LogP contribution in [0.5, 0.6) is 0 Å². The van der Waals surface area contributed by atoms with Crippen LogP contribution in [0.2, 0.25) is 0 Å². The van der Waals surface area contributed by atoms with Gasteiger partial charge in [0.15, 0.2) is 23.5 Å². The molecule has 1 heterocycles. The highest BCUT2D eigenvalue weighted by molar-refractivity contribution is 7.61. The van der Waals surface area contributed by atoms with Crippen molar-refractivity contribution in [2.45, 2.75) is 83.4 Å². The second kappa shape index (κ2) is 62.2. The van der Waals surface area contributed by atoms with Gasteiger partial charge in [0.25, 0.3) is 0 Å². The number of allylic oxidation sites excluding steroid dienone is 4. The van der Waals surface area contributed by atoms with E-state index in [1.807, 2.05) is 26.8 Å². The number of carbonyl (C=O) groups excluding carboxylic acids is 2. The normalized spacial score (nSPS) is 23.9. The number of ether oxygens (including phenoxy) is 25. The molecule has 4 aliphatic carbocycles. The Kier molecular flexibility index (Phi) is 55.8. The van der Waals surface area contributed by atoms with E-state index in [0.29, 0.717) is 316 Å². The molecule has 0 spiro atoms. The Morgan fingerprint density at radius 1 is 0.468 bits per heavy atom. The Morgan fingerprint density at radius 2 is 0.766 bits per heavy atom. The summed E-state index contributed by atoms with van der Waals surface area (Å²) in [6.07, 6.45) is 5.86. The minimum atomic E-state index is -5.37. The third kappa shape index (κ3) is 41.5. The third-order valence-electron chi connectivity index (χ3n) is 18.7. The fourth-order valence-corrected chi connectivity index (χ4v) is 15.7. The zero-order valence-electron chi connectivity index (χ0n) is 66.0. The predicted molar refractivity (Wildman–Crippen MR) is 396 cm³/mol. The van der Waals surface area contributed by atoms with Crippen LogP contribution >= 0.6 is 15.6 Å². The highest BCUT2D eigenvalue weighted by atomic mass is 31.3. The summed E-state index contributed by atoms with van der Waals surface area (Å²) in [6.45, 7) is 24.6. The number of nitrogens with two attached hydrogens (primary N) is 1. The van der Waals surface area contributed by atoms with E-state index in [1.165, 1.54) is 0 Å². The van der Waals surface area contributed by atoms with E-state index in [-0.39, 0.29) is 56.4 Å². The third-order valence-corrected chi connectivity index (χ3v) is 21.3. The number of fused-ring (bicyclic) bond motifs is 7. The lowest BCUT2D eigenvalue weighted by atomic mass is 9.46. The van der Waals surface area contributed by atoms with Crippen molar-refractivity contribution in [2.24, 2.45) is 34.3 Å². The number of Topliss-reactive ketones (excluding diaryl/α,β-unsaturated/α-hetero) is 1. The molecule has 650 valence electrons. The van der Waals surface area contributed by atoms with Gasteiger partial charge in [-0.25, -0.2) is 9.13 Å². The van der Waals surface area contributed by atoms with Crippen molar-refractivity contribution in [3.63, 3.8) is 0 Å². The van der Waals surface area contributed by atoms with E-state index in [2.05, 4.69) is 4.31 Å². The number of aliphatic hydroxyl groups is 1. The molecule has 11 atom stereocenters. The SMILES string of the molecule is CCCC1O[C@@H]2C[C@H]3[C@@H]4CCC5=CC(=O)C=C[C@]5(C)[C@H]4[C@@H](O)C[C@]3(C)[C@]2(C(=O)COP(=O)(O)OP(=O)(O)OCCOCCOCCOCCOCCOCCOCCOCCOCCOCCOCCOCCOCCOCCOCCOCCOCCOCCOCCOCCOCCOCCOCCOCCN)O1. The molecule has 1 saturated heterocycles. The zero-order valence-corrected chi connectivity index (χ0v) is 67.8. The van der Waals surface area contributed by atoms with Crippen LogP contribution in [0.3, 0.4) is 0 Å². The van der Waals surface area contributed by atoms with Gasteiger partial charge in [-0.2, -0.15) is 4.31 Å². The molecule has 5 N–H and O–H groups in total. The van der Waals surface area contributed by atoms with Gasteiger partial charge >= 0.3 is 15.6 Å². The highest BCUT2D eigenvalue weighted by Crippen LogP contribution is 2.70. The van der Waals surface area contributed by atoms with Gasteiger partial charge in [-0.15, -0.1) is 0 Å². The van der Waals surface area contributed by atoms with E-state index in [1.54, 1.807) is 12.2 Å². The first kappa shape index (κ1) is 99.6. The number of rotatable bonds is 80. The van der Waals surface area contributed by atoms with Crippen molar-refractivity contribution in [3.05, 3.63) is 23.8 Å². The highest BCUT2D eigenvalue weighted by Gasteiger charge is 2.76. The first-order chi connectivity index (χ1) is 54.1. The average molecular weight is 1650 g/mol. The van der Waals surface area contributed by atoms with Crippen molar-refractivity contribution < 1.29 is 165 Å². The van der Waals surface area contributed by atoms with Gasteiger partial charge in [-0.1, -0.05) is 38.8 Å². The average Bonchev–Trinajstić information content (AvgIpc) is 1.53. The van der Waals surface area contributed by atoms with Gasteiger partial charge in [0.1, 0.15) is 6.61 Å². The maximum absolute atomic E-state index is 14.5. The largest absolute Gasteiger partial charge is 0.481 e. The molecule has 111 heavy (non-hydrogen) atoms. The number of carbonyl (C=O) groups is 2. The Morgan fingerprint density at radius 3 is 1.07 bits per heavy atom. The monoisotopic (exact) mass is 1650 g/mol. The Labute approximate surface area is 655 Å². The molecule has 3 saturated carbocycles. The molecule has 0 aromatic rings. The Hall–Kier alpha value is -2.00. The molecule has 38 heteroatoms. The van der Waals surface area contributed by atoms with E-state index in [9.17, 15) is 33.6 Å². The van der Waals surface area contributed by atoms with Crippen LogP contribution in [0.4, 0.5) is 0 Å². The second-order valence-corrected chi connectivity index (χ2v) is 29.6. The summed E-state index contributed by atoms with van der Waals surface area (Å²) >= 11 is 0. The van der Waals surface area contributed by atoms with Gasteiger partial charge < -0.3 is 139 Å². The number of phosphoric ester groups is 2. The lowest BCUT2D eigenvalue weighted by Crippen LogP contribution is -2.63. The number of aliphatic hydroxyl groups excluding tert-OH is 1. The molecule has 36 nitrogen and oxygen atoms in total. The summed E-state index contributed by atoms with van der Waals surface area (Å²) in [5.41, 5.74) is 3.15. The molecule has 0 amide bonds. The molecule has 4 fully saturated rings. The van der Waals surface area contributed by atoms with Crippen molar-refractivity contribution in [3.8, 4) is 0 Å². The minimum Gasteiger partial charge on any atom is -0.393 e. The van der Waals surface area contributed by atoms with Crippen LogP contribution in [-0.4, -0.2) is 374 Å². The molecular formula is C73H133NO35P2. The summed E-state index contributed by atoms with van der Waals surface area (Å²) in [5.74, 6) is -1.22. The number of hydrogen-bond acceptors (Lipinski definition) is 34. The van der Waals surface area contributed by atoms with Gasteiger partial charge in [0.05, 0.1) is 323 Å². The number of ketones is 2. The minimum absolute atomic E-state index is 0.0568. The predicted octanol–water partition coefficient (Wildman–Crippen LogP) is 3.32. The molecule has 0 radical (unpaired) electrons. The van der Waals surface area contributed by atoms with E-state index >= 15 is 0 Å². The lowest BCUT2D eigenvalue weighted by Gasteiger charge is -2.59. The second-order valence-electron chi connectivity index (χ2n) is 26.6. The van der Waals surface area contributed by atoms with Gasteiger partial charge in [-0.3, -0.25) is 18.6 Å². The Balaban J connectivity index is 0.661. The Bertz CT molecular complexity index is 2500. The van der Waals surface area contributed by atoms with E-state index in [4.69, 9.17) is 133 Å². The molecule has 0 aromatic heterocycles. The molecule has 5 rings (SSSR count). The van der Waals surface area contributed by atoms with Gasteiger partial charge in [-0.05, 0) is 56.1 Å². The van der Waals surface area contributed by atoms with Crippen LogP contribution in [0, 0.1) is 28.6 Å². The van der Waals surface area contributed by atoms with Gasteiger partial charge in [0.2, 0.25) is 0 Å². The topological polar surface area (TPSA) is 413 Å². The summed E-state index contributed by atoms with van der Waals surface area (Å²) in [5, 5.41) is 12.0. The summed E-state index contributed by atoms with van der Waals surface area (Å²) < 4.78 is 179. The van der Waals surface area contributed by atoms with Crippen LogP contribution in [0.25, 0.3) is 0 Å². The first-order valence-electron chi connectivity index (χ1n) is 39.3. The number of hydrogen-bond donors (Lipinski definition) is 4. The standard InChI is InChI=1S/C73H133NO35P2/c1-4-5-69-107-68-59-65-64-7-6-62-58-63(75)8-9-71(62,2)70(64)66(76)60-72(65,3)73(68,108-69)67(77)61-106-111(80,81)109-110(78,79)105-57-56-104-55-54-103-53-52-102-51-50-101-49-48-100-47-46-99-45-44-98-43-42-97-41-40-96-39-38-95-37-36-94-35-34-93-33-32-92-31-30-91-29-28-90-27-26-89-25-24-88-23-22-87-21-20-86-19-18-85-17-16-84-15-14-83-13-12-82-11-10-74/h8-9,58,64-66,68-70,76H,4-7,10-57,59-61,74H2,1-3H3,(H,78,79)(H,80,81)/t64-,65-,66-,68+,69?,70+,71-,72-,73+/m0/s1. The van der Waals surface area contributed by atoms with Gasteiger partial charge in [0, 0.05) is 23.3 Å². The summed E-state index contributed by atoms with van der Waals surface area (Å²) in [6, 6.07) is 0. The smallest absolute Gasteiger partial charge is 0.393 e. The van der Waals surface area contributed by atoms with E-state index < -0.39 is 69.6 Å². The first-order valence-corrected chi connectivity index (χ1v) is 42.2. The summed E-state index contributed by atoms with van der Waals surface area (Å²) in [7, 11) is -10.6. The fraction of sp³-hybridized carbons (Fsp3) is 0.918. The maximum atomic E-state index is 14.5.